The van der Waals surface area contributed by atoms with E-state index < -0.39 is 0 Å². The van der Waals surface area contributed by atoms with Crippen molar-refractivity contribution in [2.75, 3.05) is 39.1 Å². The first-order valence-electron chi connectivity index (χ1n) is 10.4. The monoisotopic (exact) mass is 396 g/mol. The molecule has 2 aromatic rings. The van der Waals surface area contributed by atoms with Crippen LogP contribution in [-0.2, 0) is 13.1 Å². The Morgan fingerprint density at radius 1 is 1.07 bits per heavy atom. The Morgan fingerprint density at radius 2 is 1.83 bits per heavy atom. The summed E-state index contributed by atoms with van der Waals surface area (Å²) in [5.41, 5.74) is 2.46. The first-order chi connectivity index (χ1) is 14.0. The molecule has 0 aliphatic heterocycles. The number of hydrogen-bond donors (Lipinski definition) is 2. The molecule has 0 aliphatic rings. The molecule has 0 radical (unpaired) electrons. The van der Waals surface area contributed by atoms with E-state index in [2.05, 4.69) is 77.8 Å². The Bertz CT molecular complexity index is 744. The highest BCUT2D eigenvalue weighted by Crippen LogP contribution is 2.15. The zero-order valence-corrected chi connectivity index (χ0v) is 18.5. The van der Waals surface area contributed by atoms with E-state index >= 15 is 0 Å². The fourth-order valence-corrected chi connectivity index (χ4v) is 3.11. The Labute approximate surface area is 176 Å². The fourth-order valence-electron chi connectivity index (χ4n) is 3.11. The lowest BCUT2D eigenvalue weighted by atomic mass is 10.1. The molecule has 0 saturated carbocycles. The summed E-state index contributed by atoms with van der Waals surface area (Å²) < 4.78 is 0. The van der Waals surface area contributed by atoms with Crippen LogP contribution in [0.5, 0.6) is 0 Å². The largest absolute Gasteiger partial charge is 0.362 e. The third kappa shape index (κ3) is 7.74. The lowest BCUT2D eigenvalue weighted by Gasteiger charge is -2.25. The Morgan fingerprint density at radius 3 is 2.52 bits per heavy atom. The minimum absolute atomic E-state index is 0.476. The fraction of sp³-hybridized carbons (Fsp3) is 0.478. The third-order valence-corrected chi connectivity index (χ3v) is 4.92. The van der Waals surface area contributed by atoms with Gasteiger partial charge in [0.15, 0.2) is 5.96 Å². The van der Waals surface area contributed by atoms with Crippen LogP contribution in [0.15, 0.2) is 53.7 Å². The summed E-state index contributed by atoms with van der Waals surface area (Å²) in [5.74, 6) is 1.81. The molecule has 6 heteroatoms. The highest BCUT2D eigenvalue weighted by Gasteiger charge is 2.10. The van der Waals surface area contributed by atoms with Gasteiger partial charge in [0, 0.05) is 51.5 Å². The Kier molecular flexibility index (Phi) is 9.44. The van der Waals surface area contributed by atoms with Gasteiger partial charge >= 0.3 is 0 Å². The average Bonchev–Trinajstić information content (AvgIpc) is 2.72. The van der Waals surface area contributed by atoms with Gasteiger partial charge in [-0.2, -0.15) is 0 Å². The SMILES string of the molecule is CCNC(=NCc1cccnc1N(C)C)NCCC(C)N(C)Cc1ccccc1. The van der Waals surface area contributed by atoms with Crippen LogP contribution in [0.4, 0.5) is 5.82 Å². The van der Waals surface area contributed by atoms with Gasteiger partial charge in [0.05, 0.1) is 6.54 Å². The second-order valence-corrected chi connectivity index (χ2v) is 7.54. The molecule has 158 valence electrons. The van der Waals surface area contributed by atoms with Crippen molar-refractivity contribution in [3.8, 4) is 0 Å². The highest BCUT2D eigenvalue weighted by molar-refractivity contribution is 5.79. The number of nitrogens with zero attached hydrogens (tertiary/aromatic N) is 4. The summed E-state index contributed by atoms with van der Waals surface area (Å²) >= 11 is 0. The average molecular weight is 397 g/mol. The smallest absolute Gasteiger partial charge is 0.191 e. The van der Waals surface area contributed by atoms with Gasteiger partial charge in [-0.15, -0.1) is 0 Å². The van der Waals surface area contributed by atoms with Gasteiger partial charge in [0.25, 0.3) is 0 Å². The molecule has 0 saturated heterocycles. The van der Waals surface area contributed by atoms with Gasteiger partial charge < -0.3 is 15.5 Å². The summed E-state index contributed by atoms with van der Waals surface area (Å²) in [5, 5.41) is 6.80. The summed E-state index contributed by atoms with van der Waals surface area (Å²) in [6.07, 6.45) is 2.86. The van der Waals surface area contributed by atoms with Crippen molar-refractivity contribution < 1.29 is 0 Å². The van der Waals surface area contributed by atoms with Crippen molar-refractivity contribution in [1.82, 2.24) is 20.5 Å². The number of pyridine rings is 1. The van der Waals surface area contributed by atoms with E-state index in [0.29, 0.717) is 12.6 Å². The molecule has 29 heavy (non-hydrogen) atoms. The van der Waals surface area contributed by atoms with Crippen molar-refractivity contribution in [3.63, 3.8) is 0 Å². The number of anilines is 1. The second-order valence-electron chi connectivity index (χ2n) is 7.54. The summed E-state index contributed by atoms with van der Waals surface area (Å²) in [6.45, 7) is 7.63. The van der Waals surface area contributed by atoms with Crippen molar-refractivity contribution in [1.29, 1.82) is 0 Å². The van der Waals surface area contributed by atoms with Gasteiger partial charge in [-0.05, 0) is 38.9 Å². The predicted molar refractivity (Wildman–Crippen MR) is 123 cm³/mol. The summed E-state index contributed by atoms with van der Waals surface area (Å²) in [7, 11) is 6.20. The van der Waals surface area contributed by atoms with Crippen LogP contribution in [0, 0.1) is 0 Å². The Hall–Kier alpha value is -2.60. The van der Waals surface area contributed by atoms with Gasteiger partial charge in [0.2, 0.25) is 0 Å². The number of benzene rings is 1. The van der Waals surface area contributed by atoms with Crippen LogP contribution in [0.2, 0.25) is 0 Å². The quantitative estimate of drug-likeness (QED) is 0.477. The van der Waals surface area contributed by atoms with Crippen LogP contribution in [0.1, 0.15) is 31.4 Å². The molecular weight excluding hydrogens is 360 g/mol. The van der Waals surface area contributed by atoms with Crippen LogP contribution in [-0.4, -0.2) is 56.1 Å². The van der Waals surface area contributed by atoms with E-state index in [1.807, 2.05) is 31.3 Å². The molecule has 6 nitrogen and oxygen atoms in total. The molecule has 2 N–H and O–H groups in total. The lowest BCUT2D eigenvalue weighted by molar-refractivity contribution is 0.238. The number of aromatic nitrogens is 1. The minimum Gasteiger partial charge on any atom is -0.362 e. The first-order valence-corrected chi connectivity index (χ1v) is 10.4. The van der Waals surface area contributed by atoms with Gasteiger partial charge in [-0.1, -0.05) is 36.4 Å². The number of rotatable bonds is 10. The van der Waals surface area contributed by atoms with Crippen molar-refractivity contribution >= 4 is 11.8 Å². The molecule has 0 aliphatic carbocycles. The first kappa shape index (κ1) is 22.7. The van der Waals surface area contributed by atoms with Crippen molar-refractivity contribution in [2.24, 2.45) is 4.99 Å². The van der Waals surface area contributed by atoms with E-state index in [4.69, 9.17) is 4.99 Å². The summed E-state index contributed by atoms with van der Waals surface area (Å²) in [6, 6.07) is 15.1. The van der Waals surface area contributed by atoms with Crippen LogP contribution in [0.25, 0.3) is 0 Å². The molecule has 0 amide bonds. The maximum Gasteiger partial charge on any atom is 0.191 e. The molecule has 0 fully saturated rings. The standard InChI is InChI=1S/C23H36N6/c1-6-24-23(27-17-21-13-10-15-25-22(21)28(3)4)26-16-14-19(2)29(5)18-20-11-8-7-9-12-20/h7-13,15,19H,6,14,16-18H2,1-5H3,(H2,24,26,27). The Balaban J connectivity index is 1.86. The minimum atomic E-state index is 0.476. The molecule has 2 rings (SSSR count). The summed E-state index contributed by atoms with van der Waals surface area (Å²) in [4.78, 5) is 13.6. The second kappa shape index (κ2) is 12.1. The van der Waals surface area contributed by atoms with Crippen molar-refractivity contribution in [2.45, 2.75) is 39.4 Å². The number of nitrogens with one attached hydrogen (secondary N) is 2. The number of hydrogen-bond acceptors (Lipinski definition) is 4. The normalized spacial score (nSPS) is 12.7. The zero-order chi connectivity index (χ0) is 21.1. The molecule has 1 aromatic carbocycles. The van der Waals surface area contributed by atoms with Gasteiger partial charge in [-0.25, -0.2) is 9.98 Å². The zero-order valence-electron chi connectivity index (χ0n) is 18.5. The molecule has 1 aromatic heterocycles. The van der Waals surface area contributed by atoms with E-state index in [1.54, 1.807) is 0 Å². The van der Waals surface area contributed by atoms with Crippen molar-refractivity contribution in [3.05, 3.63) is 59.8 Å². The predicted octanol–water partition coefficient (Wildman–Crippen LogP) is 3.11. The topological polar surface area (TPSA) is 55.8 Å². The van der Waals surface area contributed by atoms with Crippen LogP contribution < -0.4 is 15.5 Å². The van der Waals surface area contributed by atoms with Crippen LogP contribution in [0.3, 0.4) is 0 Å². The molecule has 0 spiro atoms. The highest BCUT2D eigenvalue weighted by atomic mass is 15.2. The van der Waals surface area contributed by atoms with E-state index in [9.17, 15) is 0 Å². The van der Waals surface area contributed by atoms with Gasteiger partial charge in [-0.3, -0.25) is 4.90 Å². The van der Waals surface area contributed by atoms with E-state index in [1.165, 1.54) is 5.56 Å². The maximum atomic E-state index is 4.75. The third-order valence-electron chi connectivity index (χ3n) is 4.92. The number of aliphatic imine (C=N–C) groups is 1. The number of guanidine groups is 1. The molecule has 1 heterocycles. The molecule has 1 atom stereocenters. The molecular formula is C23H36N6. The molecule has 1 unspecified atom stereocenters. The molecule has 0 bridgehead atoms. The lowest BCUT2D eigenvalue weighted by Crippen LogP contribution is -2.40. The van der Waals surface area contributed by atoms with Crippen LogP contribution >= 0.6 is 0 Å². The van der Waals surface area contributed by atoms with E-state index in [-0.39, 0.29) is 0 Å². The maximum absolute atomic E-state index is 4.75. The van der Waals surface area contributed by atoms with Gasteiger partial charge in [0.1, 0.15) is 5.82 Å². The van der Waals surface area contributed by atoms with E-state index in [0.717, 1.165) is 43.4 Å².